The fourth-order valence-corrected chi connectivity index (χ4v) is 6.88. The van der Waals surface area contributed by atoms with Gasteiger partial charge in [-0.2, -0.15) is 10.2 Å². The minimum absolute atomic E-state index is 0. The van der Waals surface area contributed by atoms with Crippen LogP contribution in [0.2, 0.25) is 0 Å². The molecule has 46 radical (unpaired) electrons. The van der Waals surface area contributed by atoms with Crippen LogP contribution < -0.4 is 29.7 Å². The Hall–Kier alpha value is 16.5. The molecule has 8 rings (SSSR count). The molecule has 728 valence electrons. The van der Waals surface area contributed by atoms with E-state index < -0.39 is 0 Å². The van der Waals surface area contributed by atoms with Crippen LogP contribution in [-0.4, -0.2) is 85.8 Å². The summed E-state index contributed by atoms with van der Waals surface area (Å²) in [5.41, 5.74) is 16.1. The molecule has 0 fully saturated rings. The fourth-order valence-electron chi connectivity index (χ4n) is 6.76. The van der Waals surface area contributed by atoms with Crippen LogP contribution in [0.5, 0.6) is 17.2 Å². The summed E-state index contributed by atoms with van der Waals surface area (Å²) in [4.78, 5) is 22.8. The number of hydrogen-bond donors (Lipinski definition) is 1. The molecule has 0 aliphatic rings. The molecular weight excluding hydrogens is 3510 g/mol. The number of methoxy groups -OCH3 is 3. The van der Waals surface area contributed by atoms with Crippen LogP contribution in [0.1, 0.15) is 13.3 Å². The number of hydrogen-bond acceptors (Lipinski definition) is 12. The standard InChI is InChI=1S/C23H26N6O2.C22H21ClFN5O.46Co/c1-15(24)13-29(18-7-19(30-3)10-20(8-18)31-4)17-5-6-21-22(9-17)27-23(12-25-21)16-11-26-28(2)14-16;1-28-14-15(12-26-28)22-13-25-20-5-4-17(11-21(20)27-22)29(7-3-6-23)18-8-16(24)9-19(10-18)30-2;;;;;;;;;;;;;;;;;;;;;;;;;;;;;;;;;;;;;;;;;;;;;;/h5-12,14-15H,13,24H2,1-4H3;4-5,8-14H,3,6-7H2,1-2H3;;;;;;;;;;;;;;;;;;;;;;;;;;;;;;;;;;;;;;;;;;;;;;/t15-;;;;;;;;;;;;;;;;;;;;;;;;;;;;;;;;;;;;;;;;;;;;;;;/m1.............................................../s1. The van der Waals surface area contributed by atoms with Crippen LogP contribution in [0.25, 0.3) is 44.6 Å². The number of alkyl halides is 1. The molecule has 0 unspecified atom stereocenters. The van der Waals surface area contributed by atoms with Crippen molar-refractivity contribution in [3.63, 3.8) is 0 Å². The average Bonchev–Trinajstić information content (AvgIpc) is 3.92. The second-order valence-electron chi connectivity index (χ2n) is 14.4. The first-order valence-electron chi connectivity index (χ1n) is 19.5. The molecule has 2 N–H and O–H groups in total. The molecule has 107 heavy (non-hydrogen) atoms. The summed E-state index contributed by atoms with van der Waals surface area (Å²) in [6.45, 7) is 3.21. The molecular formula is C45H47ClCo46FN11O3. The second kappa shape index (κ2) is 148. The van der Waals surface area contributed by atoms with Gasteiger partial charge in [0.05, 0.1) is 79.6 Å². The van der Waals surface area contributed by atoms with E-state index in [1.54, 1.807) is 54.4 Å². The summed E-state index contributed by atoms with van der Waals surface area (Å²) in [6, 6.07) is 22.2. The number of rotatable bonds is 14. The van der Waals surface area contributed by atoms with E-state index in [1.807, 2.05) is 92.9 Å². The van der Waals surface area contributed by atoms with Gasteiger partial charge >= 0.3 is 0 Å². The minimum atomic E-state index is -0.361. The third-order valence-electron chi connectivity index (χ3n) is 9.71. The van der Waals surface area contributed by atoms with Crippen LogP contribution in [0.3, 0.4) is 0 Å². The zero-order valence-corrected chi connectivity index (χ0v) is 98.8. The van der Waals surface area contributed by atoms with Crippen molar-refractivity contribution in [1.29, 1.82) is 0 Å². The van der Waals surface area contributed by atoms with E-state index in [-0.39, 0.29) is 784 Å². The number of aromatic nitrogens is 8. The van der Waals surface area contributed by atoms with Crippen LogP contribution in [0.15, 0.2) is 110 Å². The van der Waals surface area contributed by atoms with E-state index in [2.05, 4.69) is 25.1 Å². The SMILES string of the molecule is COc1cc(F)cc(N(CCCCl)c2ccc3ncc(-c4cnn(C)c4)nc3c2)c1.COc1cc(OC)cc(N(C[C@@H](C)N)c2ccc3ncc(-c4cnn(C)c4)nc3c2)c1.[Co].[Co].[Co].[Co].[Co].[Co].[Co].[Co].[Co].[Co].[Co].[Co].[Co].[Co].[Co].[Co].[Co].[Co].[Co].[Co].[Co].[Co].[Co].[Co].[Co].[Co].[Co].[Co].[Co].[Co].[Co].[Co].[Co].[Co].[Co].[Co].[Co].[Co].[Co].[Co].[Co].[Co].[Co].[Co].[Co].[Co]. The average molecular weight is 3560 g/mol. The van der Waals surface area contributed by atoms with E-state index in [1.165, 1.54) is 19.2 Å². The molecule has 14 nitrogen and oxygen atoms in total. The number of benzene rings is 4. The molecule has 4 aromatic heterocycles. The van der Waals surface area contributed by atoms with Gasteiger partial charge in [0, 0.05) is 888 Å². The summed E-state index contributed by atoms with van der Waals surface area (Å²) in [5, 5.41) is 8.42. The van der Waals surface area contributed by atoms with E-state index in [0.29, 0.717) is 41.9 Å². The topological polar surface area (TPSA) is 147 Å². The summed E-state index contributed by atoms with van der Waals surface area (Å²) >= 11 is 5.94. The molecule has 1 atom stereocenters. The molecule has 8 aromatic rings. The third-order valence-corrected chi connectivity index (χ3v) is 9.98. The third kappa shape index (κ3) is 90.1. The van der Waals surface area contributed by atoms with Gasteiger partial charge in [-0.15, -0.1) is 11.6 Å². The number of nitrogens with two attached hydrogens (primary N) is 1. The molecule has 4 heterocycles. The Morgan fingerprint density at radius 3 is 0.916 bits per heavy atom. The van der Waals surface area contributed by atoms with Gasteiger partial charge in [-0.05, 0) is 55.8 Å². The van der Waals surface area contributed by atoms with Gasteiger partial charge < -0.3 is 29.7 Å². The van der Waals surface area contributed by atoms with E-state index in [4.69, 9.17) is 41.5 Å². The molecule has 0 bridgehead atoms. The predicted molar refractivity (Wildman–Crippen MR) is 239 cm³/mol. The normalized spacial score (nSPS) is 6.59. The Labute approximate surface area is 1110 Å². The number of ether oxygens (including phenoxy) is 3. The van der Waals surface area contributed by atoms with Crippen LogP contribution in [-0.2, 0) is 786 Å². The summed E-state index contributed by atoms with van der Waals surface area (Å²) < 4.78 is 33.8. The Morgan fingerprint density at radius 1 is 0.374 bits per heavy atom. The first-order chi connectivity index (χ1) is 29.5. The number of nitrogens with zero attached hydrogens (tertiary/aromatic N) is 10. The predicted octanol–water partition coefficient (Wildman–Crippen LogP) is 8.36. The van der Waals surface area contributed by atoms with Gasteiger partial charge in [0.1, 0.15) is 23.1 Å². The minimum Gasteiger partial charge on any atom is -0.497 e. The number of anilines is 4. The summed E-state index contributed by atoms with van der Waals surface area (Å²) in [5.74, 6) is 2.02. The van der Waals surface area contributed by atoms with Gasteiger partial charge in [0.15, 0.2) is 0 Å². The van der Waals surface area contributed by atoms with E-state index in [0.717, 1.165) is 68.1 Å². The van der Waals surface area contributed by atoms with Crippen molar-refractivity contribution in [2.75, 3.05) is 50.1 Å². The van der Waals surface area contributed by atoms with Crippen molar-refractivity contribution in [3.05, 3.63) is 116 Å². The number of fused-ring (bicyclic) bond motifs is 2. The maximum atomic E-state index is 14.1. The Bertz CT molecular complexity index is 2840. The zero-order valence-electron chi connectivity index (χ0n) is 50.2. The van der Waals surface area contributed by atoms with Crippen molar-refractivity contribution >= 4 is 56.4 Å². The molecule has 0 aliphatic heterocycles. The van der Waals surface area contributed by atoms with Crippen LogP contribution in [0, 0.1) is 5.82 Å². The first-order valence-corrected chi connectivity index (χ1v) is 20.0. The fraction of sp³-hybridized carbons (Fsp3) is 0.244. The Kier molecular flexibility index (Phi) is 368. The van der Waals surface area contributed by atoms with Crippen LogP contribution >= 0.6 is 11.6 Å². The number of aryl methyl sites for hydroxylation is 2. The summed E-state index contributed by atoms with van der Waals surface area (Å²) in [6.07, 6.45) is 11.6. The van der Waals surface area contributed by atoms with Gasteiger partial charge in [-0.1, -0.05) is 0 Å². The summed E-state index contributed by atoms with van der Waals surface area (Å²) in [7, 11) is 8.54. The molecule has 0 saturated heterocycles. The van der Waals surface area contributed by atoms with Crippen molar-refractivity contribution in [2.24, 2.45) is 19.8 Å². The maximum absolute atomic E-state index is 14.1. The van der Waals surface area contributed by atoms with Crippen LogP contribution in [0.4, 0.5) is 27.1 Å². The molecule has 0 amide bonds. The van der Waals surface area contributed by atoms with Crippen molar-refractivity contribution in [2.45, 2.75) is 19.4 Å². The molecule has 62 heteroatoms. The second-order valence-corrected chi connectivity index (χ2v) is 14.7. The number of halogens is 2. The molecule has 0 aliphatic carbocycles. The Morgan fingerprint density at radius 2 is 0.654 bits per heavy atom. The molecule has 4 aromatic carbocycles. The van der Waals surface area contributed by atoms with Gasteiger partial charge in [-0.25, -0.2) is 14.4 Å². The van der Waals surface area contributed by atoms with E-state index >= 15 is 0 Å². The van der Waals surface area contributed by atoms with Gasteiger partial charge in [0.2, 0.25) is 0 Å². The van der Waals surface area contributed by atoms with E-state index in [9.17, 15) is 4.39 Å². The van der Waals surface area contributed by atoms with Crippen molar-refractivity contribution in [1.82, 2.24) is 39.5 Å². The smallest absolute Gasteiger partial charge is 0.128 e. The molecule has 0 spiro atoms. The largest absolute Gasteiger partial charge is 0.497 e. The first kappa shape index (κ1) is 266. The van der Waals surface area contributed by atoms with Crippen molar-refractivity contribution < 1.29 is 790 Å². The zero-order chi connectivity index (χ0) is 43.0. The maximum Gasteiger partial charge on any atom is 0.128 e. The van der Waals surface area contributed by atoms with Crippen molar-refractivity contribution in [3.8, 4) is 39.8 Å². The molecule has 0 saturated carbocycles. The van der Waals surface area contributed by atoms with Gasteiger partial charge in [-0.3, -0.25) is 19.3 Å². The van der Waals surface area contributed by atoms with Gasteiger partial charge in [0.25, 0.3) is 0 Å². The quantitative estimate of drug-likeness (QED) is 0.104. The Balaban J connectivity index is -0.0000000154. The monoisotopic (exact) mass is 3550 g/mol.